The number of fused-ring (bicyclic) bond motifs is 2. The molecule has 6 rings (SSSR count). The number of pyridine rings is 1. The first-order valence-electron chi connectivity index (χ1n) is 10.7. The first-order valence-corrected chi connectivity index (χ1v) is 10.7. The molecule has 0 radical (unpaired) electrons. The molecule has 1 saturated heterocycles. The summed E-state index contributed by atoms with van der Waals surface area (Å²) in [6.45, 7) is 0. The number of amides is 2. The van der Waals surface area contributed by atoms with E-state index in [0.29, 0.717) is 40.2 Å². The number of rotatable bonds is 4. The maximum absolute atomic E-state index is 14.4. The number of hydrogen-bond acceptors (Lipinski definition) is 4. The average molecular weight is 461 g/mol. The van der Waals surface area contributed by atoms with Gasteiger partial charge in [0.2, 0.25) is 11.8 Å². The Hall–Kier alpha value is -4.27. The summed E-state index contributed by atoms with van der Waals surface area (Å²) in [4.78, 5) is 42.0. The largest absolute Gasteiger partial charge is 0.454 e. The van der Waals surface area contributed by atoms with Crippen LogP contribution in [0.2, 0.25) is 0 Å². The van der Waals surface area contributed by atoms with Crippen molar-refractivity contribution in [3.8, 4) is 22.6 Å². The van der Waals surface area contributed by atoms with Gasteiger partial charge in [-0.1, -0.05) is 0 Å². The lowest BCUT2D eigenvalue weighted by Gasteiger charge is -2.20. The Bertz CT molecular complexity index is 1570. The molecule has 2 atom stereocenters. The molecule has 3 heterocycles. The van der Waals surface area contributed by atoms with E-state index in [1.165, 1.54) is 21.6 Å². The number of ether oxygens (including phenoxy) is 1. The van der Waals surface area contributed by atoms with Crippen molar-refractivity contribution in [2.45, 2.75) is 6.42 Å². The van der Waals surface area contributed by atoms with Crippen molar-refractivity contribution in [3.05, 3.63) is 76.8 Å². The second-order valence-electron chi connectivity index (χ2n) is 8.54. The van der Waals surface area contributed by atoms with E-state index in [-0.39, 0.29) is 40.7 Å². The van der Waals surface area contributed by atoms with Gasteiger partial charge < -0.3 is 14.3 Å². The third-order valence-corrected chi connectivity index (χ3v) is 6.39. The van der Waals surface area contributed by atoms with Crippen LogP contribution in [-0.4, -0.2) is 21.4 Å². The molecule has 2 fully saturated rings. The van der Waals surface area contributed by atoms with E-state index in [4.69, 9.17) is 4.74 Å². The van der Waals surface area contributed by atoms with Crippen LogP contribution in [0.25, 0.3) is 22.0 Å². The number of imide groups is 1. The number of hydrogen-bond donors (Lipinski definition) is 1. The number of aryl methyl sites for hydroxylation is 1. The van der Waals surface area contributed by atoms with Crippen LogP contribution in [0.1, 0.15) is 6.42 Å². The van der Waals surface area contributed by atoms with Crippen LogP contribution in [0, 0.1) is 23.5 Å². The molecule has 2 aromatic carbocycles. The number of piperidine rings is 1. The molecule has 1 N–H and O–H groups in total. The molecule has 2 aliphatic rings. The lowest BCUT2D eigenvalue weighted by atomic mass is 10.0. The number of benzene rings is 2. The Balaban J connectivity index is 1.55. The SMILES string of the molecule is Cn1cc(-c2cc(N3C(=O)C4CC4C3=O)ccc2Oc2ccc(F)cc2F)c2cc[nH]c2c1=O. The maximum Gasteiger partial charge on any atom is 0.274 e. The fraction of sp³-hybridized carbons (Fsp3) is 0.160. The zero-order valence-corrected chi connectivity index (χ0v) is 17.8. The molecule has 170 valence electrons. The summed E-state index contributed by atoms with van der Waals surface area (Å²) in [5, 5.41) is 0.589. The molecule has 34 heavy (non-hydrogen) atoms. The number of aromatic nitrogens is 2. The highest BCUT2D eigenvalue weighted by atomic mass is 19.1. The number of carbonyl (C=O) groups is 2. The topological polar surface area (TPSA) is 84.4 Å². The van der Waals surface area contributed by atoms with Crippen molar-refractivity contribution in [2.75, 3.05) is 4.90 Å². The van der Waals surface area contributed by atoms with Crippen LogP contribution in [0.5, 0.6) is 11.5 Å². The first-order chi connectivity index (χ1) is 16.3. The van der Waals surface area contributed by atoms with E-state index in [1.54, 1.807) is 37.6 Å². The van der Waals surface area contributed by atoms with Crippen molar-refractivity contribution < 1.29 is 23.1 Å². The van der Waals surface area contributed by atoms with E-state index >= 15 is 0 Å². The predicted molar refractivity (Wildman–Crippen MR) is 119 cm³/mol. The number of anilines is 1. The summed E-state index contributed by atoms with van der Waals surface area (Å²) >= 11 is 0. The quantitative estimate of drug-likeness (QED) is 0.464. The highest BCUT2D eigenvalue weighted by molar-refractivity contribution is 6.25. The normalized spacial score (nSPS) is 19.1. The molecule has 2 aromatic heterocycles. The number of halogens is 2. The smallest absolute Gasteiger partial charge is 0.274 e. The number of carbonyl (C=O) groups excluding carboxylic acids is 2. The van der Waals surface area contributed by atoms with Gasteiger partial charge in [-0.05, 0) is 42.8 Å². The molecule has 2 unspecified atom stereocenters. The number of aromatic amines is 1. The Morgan fingerprint density at radius 1 is 0.941 bits per heavy atom. The van der Waals surface area contributed by atoms with Crippen molar-refractivity contribution in [3.63, 3.8) is 0 Å². The van der Waals surface area contributed by atoms with Gasteiger partial charge >= 0.3 is 0 Å². The second kappa shape index (κ2) is 7.11. The van der Waals surface area contributed by atoms with Crippen molar-refractivity contribution in [2.24, 2.45) is 18.9 Å². The van der Waals surface area contributed by atoms with Gasteiger partial charge in [0.1, 0.15) is 17.1 Å². The number of nitrogens with zero attached hydrogens (tertiary/aromatic N) is 2. The summed E-state index contributed by atoms with van der Waals surface area (Å²) in [6, 6.07) is 9.39. The third-order valence-electron chi connectivity index (χ3n) is 6.39. The minimum Gasteiger partial charge on any atom is -0.454 e. The Labute approximate surface area is 191 Å². The van der Waals surface area contributed by atoms with Gasteiger partial charge in [0.25, 0.3) is 5.56 Å². The zero-order chi connectivity index (χ0) is 23.7. The first kappa shape index (κ1) is 20.3. The van der Waals surface area contributed by atoms with E-state index < -0.39 is 11.6 Å². The van der Waals surface area contributed by atoms with Crippen LogP contribution in [-0.2, 0) is 16.6 Å². The summed E-state index contributed by atoms with van der Waals surface area (Å²) in [5.74, 6) is -2.63. The monoisotopic (exact) mass is 461 g/mol. The molecule has 2 amide bonds. The molecule has 9 heteroatoms. The molecule has 1 aliphatic carbocycles. The summed E-state index contributed by atoms with van der Waals surface area (Å²) in [7, 11) is 1.59. The number of H-pyrrole nitrogens is 1. The molecule has 0 bridgehead atoms. The Kier molecular flexibility index (Phi) is 4.26. The van der Waals surface area contributed by atoms with Gasteiger partial charge in [0.05, 0.1) is 17.5 Å². The van der Waals surface area contributed by atoms with Gasteiger partial charge in [0.15, 0.2) is 11.6 Å². The van der Waals surface area contributed by atoms with Gasteiger partial charge in [-0.2, -0.15) is 0 Å². The van der Waals surface area contributed by atoms with Crippen LogP contribution >= 0.6 is 0 Å². The predicted octanol–water partition coefficient (Wildman–Crippen LogP) is 4.11. The fourth-order valence-electron chi connectivity index (χ4n) is 4.55. The van der Waals surface area contributed by atoms with Crippen LogP contribution in [0.3, 0.4) is 0 Å². The highest BCUT2D eigenvalue weighted by Crippen LogP contribution is 2.49. The third kappa shape index (κ3) is 2.97. The van der Waals surface area contributed by atoms with E-state index in [9.17, 15) is 23.2 Å². The van der Waals surface area contributed by atoms with Crippen LogP contribution < -0.4 is 15.2 Å². The van der Waals surface area contributed by atoms with E-state index in [2.05, 4.69) is 4.98 Å². The summed E-state index contributed by atoms with van der Waals surface area (Å²) in [5.41, 5.74) is 1.49. The Morgan fingerprint density at radius 3 is 2.41 bits per heavy atom. The van der Waals surface area contributed by atoms with Crippen LogP contribution in [0.15, 0.2) is 59.7 Å². The fourth-order valence-corrected chi connectivity index (χ4v) is 4.55. The molecule has 4 aromatic rings. The number of nitrogens with one attached hydrogen (secondary N) is 1. The second-order valence-corrected chi connectivity index (χ2v) is 8.54. The molecule has 0 spiro atoms. The van der Waals surface area contributed by atoms with Crippen molar-refractivity contribution in [1.29, 1.82) is 0 Å². The molecule has 7 nitrogen and oxygen atoms in total. The highest BCUT2D eigenvalue weighted by Gasteiger charge is 2.59. The zero-order valence-electron chi connectivity index (χ0n) is 17.8. The van der Waals surface area contributed by atoms with Gasteiger partial charge in [-0.3, -0.25) is 19.3 Å². The molecule has 1 saturated carbocycles. The Morgan fingerprint density at radius 2 is 1.68 bits per heavy atom. The van der Waals surface area contributed by atoms with Gasteiger partial charge in [-0.25, -0.2) is 8.78 Å². The summed E-state index contributed by atoms with van der Waals surface area (Å²) < 4.78 is 35.0. The van der Waals surface area contributed by atoms with Gasteiger partial charge in [0, 0.05) is 42.0 Å². The standard InChI is InChI=1S/C25H17F2N3O4/c1-29-11-18(14-6-7-28-22(14)25(29)33)15-9-13(30-23(31)16-10-17(16)24(30)32)3-5-20(15)34-21-4-2-12(26)8-19(21)27/h2-9,11,16-17,28H,10H2,1H3. The van der Waals surface area contributed by atoms with Crippen molar-refractivity contribution in [1.82, 2.24) is 9.55 Å². The maximum atomic E-state index is 14.4. The lowest BCUT2D eigenvalue weighted by molar-refractivity contribution is -0.123. The molecule has 1 aliphatic heterocycles. The van der Waals surface area contributed by atoms with Crippen molar-refractivity contribution >= 4 is 28.4 Å². The van der Waals surface area contributed by atoms with Gasteiger partial charge in [-0.15, -0.1) is 0 Å². The average Bonchev–Trinajstić information content (AvgIpc) is 3.39. The minimum absolute atomic E-state index is 0.194. The lowest BCUT2D eigenvalue weighted by Crippen LogP contribution is -2.32. The summed E-state index contributed by atoms with van der Waals surface area (Å²) in [6.07, 6.45) is 3.81. The molecular weight excluding hydrogens is 444 g/mol. The van der Waals surface area contributed by atoms with Crippen LogP contribution in [0.4, 0.5) is 14.5 Å². The van der Waals surface area contributed by atoms with E-state index in [0.717, 1.165) is 6.07 Å². The van der Waals surface area contributed by atoms with E-state index in [1.807, 2.05) is 0 Å². The molecular formula is C25H17F2N3O4. The minimum atomic E-state index is -0.882.